The topological polar surface area (TPSA) is 0 Å². The van der Waals surface area contributed by atoms with Gasteiger partial charge in [-0.15, -0.1) is 0 Å². The first-order chi connectivity index (χ1) is 18.0. The minimum atomic E-state index is -0.491. The molecule has 2 bridgehead atoms. The lowest BCUT2D eigenvalue weighted by atomic mass is 10.1. The second-order valence-electron chi connectivity index (χ2n) is 11.0. The summed E-state index contributed by atoms with van der Waals surface area (Å²) < 4.78 is 0. The van der Waals surface area contributed by atoms with Crippen LogP contribution < -0.4 is 21.2 Å². The van der Waals surface area contributed by atoms with Gasteiger partial charge in [-0.2, -0.15) is 0 Å². The molecule has 4 atom stereocenters. The average Bonchev–Trinajstić information content (AvgIpc) is 3.52. The second-order valence-corrected chi connectivity index (χ2v) is 15.7. The molecule has 0 unspecified atom stereocenters. The molecule has 0 amide bonds. The molecular formula is C35H36P2. The van der Waals surface area contributed by atoms with E-state index in [4.69, 9.17) is 0 Å². The highest BCUT2D eigenvalue weighted by Crippen LogP contribution is 2.64. The summed E-state index contributed by atoms with van der Waals surface area (Å²) in [5, 5.41) is 6.12. The van der Waals surface area contributed by atoms with Crippen molar-refractivity contribution in [1.82, 2.24) is 0 Å². The Morgan fingerprint density at radius 2 is 0.649 bits per heavy atom. The summed E-state index contributed by atoms with van der Waals surface area (Å²) >= 11 is 0. The molecule has 2 aliphatic carbocycles. The number of hydrogen-bond donors (Lipinski definition) is 0. The quantitative estimate of drug-likeness (QED) is 0.184. The predicted octanol–water partition coefficient (Wildman–Crippen LogP) is 7.43. The van der Waals surface area contributed by atoms with Crippen LogP contribution in [-0.2, 0) is 0 Å². The maximum Gasteiger partial charge on any atom is 0.00137 e. The molecule has 6 rings (SSSR count). The molecule has 1 saturated carbocycles. The van der Waals surface area contributed by atoms with Crippen molar-refractivity contribution in [1.29, 1.82) is 0 Å². The molecule has 0 heterocycles. The Kier molecular flexibility index (Phi) is 6.92. The minimum Gasteiger partial charge on any atom is -0.0844 e. The predicted molar refractivity (Wildman–Crippen MR) is 165 cm³/mol. The van der Waals surface area contributed by atoms with Gasteiger partial charge < -0.3 is 0 Å². The van der Waals surface area contributed by atoms with Crippen molar-refractivity contribution in [3.05, 3.63) is 131 Å². The SMILES string of the molecule is Cc1ccc(P(c2ccc(C)cc2)[C@H]2[C@H](P(c3ccc(C)cc3)c3ccc(C)cc3)[C@H]3C=C[C@@H]2C3)cc1. The van der Waals surface area contributed by atoms with Gasteiger partial charge in [0.15, 0.2) is 0 Å². The number of rotatable bonds is 6. The summed E-state index contributed by atoms with van der Waals surface area (Å²) in [6.45, 7) is 8.81. The molecule has 0 radical (unpaired) electrons. The first-order valence-electron chi connectivity index (χ1n) is 13.5. The molecule has 0 spiro atoms. The van der Waals surface area contributed by atoms with Gasteiger partial charge in [-0.05, 0) is 83.0 Å². The second kappa shape index (κ2) is 10.3. The van der Waals surface area contributed by atoms with Gasteiger partial charge in [0.05, 0.1) is 0 Å². The molecular weight excluding hydrogens is 482 g/mol. The number of hydrogen-bond acceptors (Lipinski definition) is 0. The van der Waals surface area contributed by atoms with Crippen LogP contribution in [0.15, 0.2) is 109 Å². The summed E-state index contributed by atoms with van der Waals surface area (Å²) in [6.07, 6.45) is 6.45. The maximum absolute atomic E-state index is 2.57. The Balaban J connectivity index is 1.52. The van der Waals surface area contributed by atoms with Crippen LogP contribution in [0.5, 0.6) is 0 Å². The van der Waals surface area contributed by atoms with Crippen LogP contribution >= 0.6 is 15.8 Å². The highest BCUT2D eigenvalue weighted by atomic mass is 31.1. The molecule has 0 saturated heterocycles. The Hall–Kier alpha value is -2.52. The van der Waals surface area contributed by atoms with Gasteiger partial charge in [0, 0.05) is 11.3 Å². The van der Waals surface area contributed by atoms with Gasteiger partial charge in [-0.25, -0.2) is 0 Å². The smallest absolute Gasteiger partial charge is 0.00137 e. The van der Waals surface area contributed by atoms with E-state index in [0.29, 0.717) is 23.2 Å². The zero-order valence-corrected chi connectivity index (χ0v) is 24.1. The van der Waals surface area contributed by atoms with Crippen LogP contribution in [0.3, 0.4) is 0 Å². The van der Waals surface area contributed by atoms with E-state index in [0.717, 1.165) is 0 Å². The third-order valence-electron chi connectivity index (χ3n) is 8.22. The van der Waals surface area contributed by atoms with Gasteiger partial charge in [0.1, 0.15) is 0 Å². The average molecular weight is 519 g/mol. The zero-order chi connectivity index (χ0) is 25.5. The molecule has 1 fully saturated rings. The van der Waals surface area contributed by atoms with Crippen molar-refractivity contribution in [3.8, 4) is 0 Å². The van der Waals surface area contributed by atoms with E-state index in [-0.39, 0.29) is 0 Å². The van der Waals surface area contributed by atoms with Crippen molar-refractivity contribution < 1.29 is 0 Å². The summed E-state index contributed by atoms with van der Waals surface area (Å²) in [7, 11) is -0.983. The first kappa shape index (κ1) is 24.8. The van der Waals surface area contributed by atoms with Crippen LogP contribution in [0.25, 0.3) is 0 Å². The zero-order valence-electron chi connectivity index (χ0n) is 22.3. The first-order valence-corrected chi connectivity index (χ1v) is 16.3. The number of allylic oxidation sites excluding steroid dienone is 2. The van der Waals surface area contributed by atoms with E-state index in [1.807, 2.05) is 0 Å². The lowest BCUT2D eigenvalue weighted by Crippen LogP contribution is -2.38. The number of fused-ring (bicyclic) bond motifs is 2. The van der Waals surface area contributed by atoms with Crippen LogP contribution in [0.2, 0.25) is 0 Å². The molecule has 4 aromatic rings. The Bertz CT molecular complexity index is 1180. The van der Waals surface area contributed by atoms with Crippen molar-refractivity contribution >= 4 is 37.1 Å². The molecule has 2 heteroatoms. The van der Waals surface area contributed by atoms with E-state index in [1.165, 1.54) is 49.9 Å². The molecule has 0 nitrogen and oxygen atoms in total. The Morgan fingerprint density at radius 3 is 0.892 bits per heavy atom. The Morgan fingerprint density at radius 1 is 0.405 bits per heavy atom. The molecule has 0 aliphatic heterocycles. The minimum absolute atomic E-state index is 0.491. The van der Waals surface area contributed by atoms with Crippen LogP contribution in [0.1, 0.15) is 28.7 Å². The van der Waals surface area contributed by atoms with Gasteiger partial charge in [-0.1, -0.05) is 131 Å². The highest BCUT2D eigenvalue weighted by Gasteiger charge is 2.52. The fraction of sp³-hybridized carbons (Fsp3) is 0.257. The largest absolute Gasteiger partial charge is 0.0844 e. The lowest BCUT2D eigenvalue weighted by molar-refractivity contribution is 0.695. The lowest BCUT2D eigenvalue weighted by Gasteiger charge is -2.40. The highest BCUT2D eigenvalue weighted by molar-refractivity contribution is 7.77. The van der Waals surface area contributed by atoms with Crippen LogP contribution in [0, 0.1) is 39.5 Å². The number of aryl methyl sites for hydroxylation is 4. The van der Waals surface area contributed by atoms with Crippen LogP contribution in [-0.4, -0.2) is 11.3 Å². The van der Waals surface area contributed by atoms with Crippen molar-refractivity contribution in [2.75, 3.05) is 0 Å². The fourth-order valence-electron chi connectivity index (χ4n) is 6.27. The molecule has 2 aliphatic rings. The van der Waals surface area contributed by atoms with Crippen molar-refractivity contribution in [3.63, 3.8) is 0 Å². The van der Waals surface area contributed by atoms with Gasteiger partial charge in [0.25, 0.3) is 0 Å². The van der Waals surface area contributed by atoms with E-state index in [9.17, 15) is 0 Å². The van der Waals surface area contributed by atoms with Crippen LogP contribution in [0.4, 0.5) is 0 Å². The number of benzene rings is 4. The van der Waals surface area contributed by atoms with E-state index in [1.54, 1.807) is 0 Å². The molecule has 0 aromatic heterocycles. The van der Waals surface area contributed by atoms with Crippen molar-refractivity contribution in [2.45, 2.75) is 45.4 Å². The third-order valence-corrected chi connectivity index (χ3v) is 14.5. The third kappa shape index (κ3) is 4.88. The molecule has 4 aromatic carbocycles. The summed E-state index contributed by atoms with van der Waals surface area (Å²) in [5.41, 5.74) is 6.65. The normalized spacial score (nSPS) is 22.3. The summed E-state index contributed by atoms with van der Waals surface area (Å²) in [4.78, 5) is 0. The fourth-order valence-corrected chi connectivity index (χ4v) is 13.2. The molecule has 0 N–H and O–H groups in total. The van der Waals surface area contributed by atoms with E-state index < -0.39 is 15.8 Å². The van der Waals surface area contributed by atoms with Crippen molar-refractivity contribution in [2.24, 2.45) is 11.8 Å². The molecule has 37 heavy (non-hydrogen) atoms. The molecule has 186 valence electrons. The Labute approximate surface area is 225 Å². The maximum atomic E-state index is 2.57. The van der Waals surface area contributed by atoms with Gasteiger partial charge in [-0.3, -0.25) is 0 Å². The monoisotopic (exact) mass is 518 g/mol. The van der Waals surface area contributed by atoms with E-state index in [2.05, 4.69) is 137 Å². The summed E-state index contributed by atoms with van der Waals surface area (Å²) in [5.74, 6) is 1.31. The standard InChI is InChI=1S/C35H36P2/c1-24-5-15-30(16-6-24)36(31-17-7-25(2)8-18-31)34-28-13-14-29(23-28)35(34)37(32-19-9-26(3)10-20-32)33-21-11-27(4)12-22-33/h5-22,28-29,34-35H,23H2,1-4H3/t28-,29+,34-,35-/m1/s1. The summed E-state index contributed by atoms with van der Waals surface area (Å²) in [6, 6.07) is 37.9. The van der Waals surface area contributed by atoms with Gasteiger partial charge in [0.2, 0.25) is 0 Å². The van der Waals surface area contributed by atoms with Gasteiger partial charge >= 0.3 is 0 Å². The van der Waals surface area contributed by atoms with E-state index >= 15 is 0 Å².